The van der Waals surface area contributed by atoms with Crippen molar-refractivity contribution in [1.82, 2.24) is 24.5 Å². The smallest absolute Gasteiger partial charge is 0.243 e. The first-order valence-electron chi connectivity index (χ1n) is 49.7. The summed E-state index contributed by atoms with van der Waals surface area (Å²) in [6, 6.07) is 160. The number of benzene rings is 20. The molecule has 0 aliphatic heterocycles. The van der Waals surface area contributed by atoms with Gasteiger partial charge < -0.3 is 4.57 Å². The van der Waals surface area contributed by atoms with Gasteiger partial charge in [-0.2, -0.15) is 0 Å². The second-order valence-corrected chi connectivity index (χ2v) is 39.3. The van der Waals surface area contributed by atoms with E-state index in [9.17, 15) is 0 Å². The Morgan fingerprint density at radius 3 is 1.21 bits per heavy atom. The summed E-state index contributed by atoms with van der Waals surface area (Å²) in [5, 5.41) is 17.5. The number of pyridine rings is 4. The number of nitrogens with zero attached hydrogens (tertiary/aromatic N) is 5. The SMILES string of the molecule is CC1(C)c2ccccc2-c2ccc(-c3ccc4cc(-c5cccc(-c6ccc7c8c(cccc68)-c6ccccc6-7)c5)ccc4c3)cc21.Cc1cc(C)c(B(c2c(C)cc(C)cc2C)c2ccc(-c3ccc(-n4c5ccccc5c5ccccc54)c4ccccc34)c3ccccc23)c(C)c1.c1ccc(-c2ccc3c(-c4ccc(-c5ccccn5)nc4)c4ccccc4c(-c4ccc(-c5ccccn5)nc4)c3c2)cc1. The van der Waals surface area contributed by atoms with Crippen LogP contribution in [0.5, 0.6) is 0 Å². The molecule has 0 atom stereocenters. The summed E-state index contributed by atoms with van der Waals surface area (Å²) in [6.45, 7) is 18.4. The van der Waals surface area contributed by atoms with E-state index in [4.69, 9.17) is 9.97 Å². The topological polar surface area (TPSA) is 56.5 Å². The van der Waals surface area contributed by atoms with E-state index in [0.717, 1.165) is 45.0 Å². The van der Waals surface area contributed by atoms with Gasteiger partial charge in [0.15, 0.2) is 0 Å². The fourth-order valence-corrected chi connectivity index (χ4v) is 23.9. The zero-order valence-electron chi connectivity index (χ0n) is 81.2. The Morgan fingerprint density at radius 1 is 0.224 bits per heavy atom. The molecule has 5 heterocycles. The maximum Gasteiger partial charge on any atom is 0.243 e. The Bertz CT molecular complexity index is 9240. The third-order valence-corrected chi connectivity index (χ3v) is 30.2. The summed E-state index contributed by atoms with van der Waals surface area (Å²) < 4.78 is 2.45. The van der Waals surface area contributed by atoms with Crippen LogP contribution in [-0.2, 0) is 5.41 Å². The highest BCUT2D eigenvalue weighted by Crippen LogP contribution is 2.53. The Hall–Kier alpha value is -17.6. The van der Waals surface area contributed by atoms with Crippen molar-refractivity contribution in [3.8, 4) is 140 Å². The Morgan fingerprint density at radius 2 is 0.622 bits per heavy atom. The molecule has 0 unspecified atom stereocenters. The van der Waals surface area contributed by atoms with Crippen LogP contribution in [0.25, 0.3) is 226 Å². The molecule has 0 saturated heterocycles. The number of aromatic nitrogens is 5. The molecule has 676 valence electrons. The number of hydrogen-bond donors (Lipinski definition) is 0. The lowest BCUT2D eigenvalue weighted by Crippen LogP contribution is -2.56. The lowest BCUT2D eigenvalue weighted by molar-refractivity contribution is 0.660. The summed E-state index contributed by atoms with van der Waals surface area (Å²) >= 11 is 0. The van der Waals surface area contributed by atoms with Crippen LogP contribution in [0.15, 0.2) is 462 Å². The molecule has 25 aromatic rings. The largest absolute Gasteiger partial charge is 0.309 e. The first-order chi connectivity index (χ1) is 70.2. The van der Waals surface area contributed by atoms with Crippen LogP contribution >= 0.6 is 0 Å². The molecule has 0 bridgehead atoms. The Labute approximate surface area is 834 Å². The van der Waals surface area contributed by atoms with Crippen molar-refractivity contribution in [3.63, 3.8) is 0 Å². The first kappa shape index (κ1) is 87.0. The van der Waals surface area contributed by atoms with Crippen LogP contribution in [0.4, 0.5) is 0 Å². The first-order valence-corrected chi connectivity index (χ1v) is 49.7. The van der Waals surface area contributed by atoms with E-state index in [1.165, 1.54) is 242 Å². The molecule has 0 amide bonds. The Kier molecular flexibility index (Phi) is 21.7. The third kappa shape index (κ3) is 15.2. The molecule has 20 aromatic carbocycles. The van der Waals surface area contributed by atoms with Gasteiger partial charge in [0.2, 0.25) is 6.71 Å². The molecular weight excluding hydrogens is 1730 g/mol. The molecule has 5 nitrogen and oxygen atoms in total. The van der Waals surface area contributed by atoms with Gasteiger partial charge >= 0.3 is 0 Å². The third-order valence-electron chi connectivity index (χ3n) is 30.2. The molecule has 2 aliphatic rings. The van der Waals surface area contributed by atoms with Gasteiger partial charge in [-0.05, 0) is 297 Å². The minimum absolute atomic E-state index is 0.0000248. The standard InChI is InChI=1S/C50H42BN.C47H32.C40H26N4/c1-31-27-33(3)49(34(4)28-31)51(50-35(5)29-32(2)30-36(50)6)45-25-23-39(37-15-7-9-17-41(37)45)40-24-26-48(42-18-10-8-16-38(40)42)52-46-21-13-11-19-43(46)44-20-12-14-22-47(44)52;1-47(2)44-16-6-5-13-39(44)40-22-21-34(28-45(40)47)33-20-19-31-25-30(17-18-32(31)26-33)29-9-7-10-35(27-29)36-23-24-43-38-12-4-3-11-37(38)42-15-8-14-41(36)46(42)43;1-2-10-27(11-3-1)28-16-19-33-34(24-28)40(30-18-21-38(44-26-30)36-15-7-9-23-42-36)32-13-5-4-12-31(32)39(33)29-17-20-37(43-25-29)35-14-6-8-22-41-35/h7-30H,1-6H3;3-28H,1-2H3;1-26H. The summed E-state index contributed by atoms with van der Waals surface area (Å²) in [6.07, 6.45) is 7.54. The zero-order valence-corrected chi connectivity index (χ0v) is 81.2. The summed E-state index contributed by atoms with van der Waals surface area (Å²) in [5.41, 5.74) is 47.1. The summed E-state index contributed by atoms with van der Waals surface area (Å²) in [7, 11) is 0. The van der Waals surface area contributed by atoms with Gasteiger partial charge in [-0.25, -0.2) is 0 Å². The molecule has 2 aliphatic carbocycles. The fraction of sp³-hybridized carbons (Fsp3) is 0.0657. The number of rotatable bonds is 13. The normalized spacial score (nSPS) is 12.1. The minimum atomic E-state index is 0.0000248. The lowest BCUT2D eigenvalue weighted by atomic mass is 9.33. The molecular formula is C137H100BN5. The number of fused-ring (bicyclic) bond motifs is 14. The highest BCUT2D eigenvalue weighted by Gasteiger charge is 2.37. The zero-order chi connectivity index (χ0) is 96.2. The van der Waals surface area contributed by atoms with Gasteiger partial charge in [0.05, 0.1) is 39.5 Å². The number of hydrogen-bond acceptors (Lipinski definition) is 4. The van der Waals surface area contributed by atoms with Gasteiger partial charge in [-0.3, -0.25) is 19.9 Å². The quantitative estimate of drug-likeness (QED) is 0.0853. The lowest BCUT2D eigenvalue weighted by Gasteiger charge is -2.26. The molecule has 143 heavy (non-hydrogen) atoms. The van der Waals surface area contributed by atoms with Gasteiger partial charge in [0, 0.05) is 57.5 Å². The van der Waals surface area contributed by atoms with Crippen molar-refractivity contribution in [1.29, 1.82) is 0 Å². The molecule has 0 radical (unpaired) electrons. The highest BCUT2D eigenvalue weighted by molar-refractivity contribution is 6.98. The van der Waals surface area contributed by atoms with Crippen LogP contribution in [0.3, 0.4) is 0 Å². The Balaban J connectivity index is 0.000000113. The molecule has 0 saturated carbocycles. The average molecular weight is 1830 g/mol. The molecule has 0 spiro atoms. The van der Waals surface area contributed by atoms with Crippen molar-refractivity contribution in [2.75, 3.05) is 0 Å². The maximum atomic E-state index is 4.86. The molecule has 6 heteroatoms. The predicted molar refractivity (Wildman–Crippen MR) is 607 cm³/mol. The average Bonchev–Trinajstić information content (AvgIpc) is 1.38. The van der Waals surface area contributed by atoms with Crippen molar-refractivity contribution in [2.45, 2.75) is 60.8 Å². The summed E-state index contributed by atoms with van der Waals surface area (Å²) in [4.78, 5) is 18.7. The van der Waals surface area contributed by atoms with E-state index in [1.807, 2.05) is 48.8 Å². The van der Waals surface area contributed by atoms with Crippen LogP contribution in [-0.4, -0.2) is 31.2 Å². The fourth-order valence-electron chi connectivity index (χ4n) is 23.9. The van der Waals surface area contributed by atoms with Crippen LogP contribution < -0.4 is 16.4 Å². The van der Waals surface area contributed by atoms with E-state index < -0.39 is 0 Å². The van der Waals surface area contributed by atoms with Gasteiger partial charge in [-0.15, -0.1) is 0 Å². The van der Waals surface area contributed by atoms with Crippen molar-refractivity contribution in [2.24, 2.45) is 0 Å². The van der Waals surface area contributed by atoms with Crippen molar-refractivity contribution < 1.29 is 0 Å². The van der Waals surface area contributed by atoms with Crippen molar-refractivity contribution in [3.05, 3.63) is 506 Å². The van der Waals surface area contributed by atoms with E-state index in [0.29, 0.717) is 0 Å². The molecule has 5 aromatic heterocycles. The van der Waals surface area contributed by atoms with Crippen LogP contribution in [0.1, 0.15) is 58.4 Å². The van der Waals surface area contributed by atoms with E-state index >= 15 is 0 Å². The van der Waals surface area contributed by atoms with E-state index in [-0.39, 0.29) is 12.1 Å². The second-order valence-electron chi connectivity index (χ2n) is 39.3. The van der Waals surface area contributed by atoms with E-state index in [2.05, 4.69) is 470 Å². The number of aryl methyl sites for hydroxylation is 6. The van der Waals surface area contributed by atoms with Gasteiger partial charge in [0.25, 0.3) is 0 Å². The highest BCUT2D eigenvalue weighted by atomic mass is 15.0. The van der Waals surface area contributed by atoms with Gasteiger partial charge in [0.1, 0.15) is 0 Å². The van der Waals surface area contributed by atoms with Gasteiger partial charge in [-0.1, -0.05) is 415 Å². The molecule has 27 rings (SSSR count). The van der Waals surface area contributed by atoms with Crippen LogP contribution in [0.2, 0.25) is 0 Å². The maximum absolute atomic E-state index is 4.86. The molecule has 0 fully saturated rings. The van der Waals surface area contributed by atoms with Crippen LogP contribution in [0, 0.1) is 41.5 Å². The predicted octanol–water partition coefficient (Wildman–Crippen LogP) is 34.0. The minimum Gasteiger partial charge on any atom is -0.309 e. The monoisotopic (exact) mass is 1830 g/mol. The molecule has 0 N–H and O–H groups in total. The summed E-state index contributed by atoms with van der Waals surface area (Å²) in [5.74, 6) is 0. The van der Waals surface area contributed by atoms with E-state index in [1.54, 1.807) is 12.4 Å². The van der Waals surface area contributed by atoms with Crippen molar-refractivity contribution >= 4 is 110 Å². The number of para-hydroxylation sites is 2. The second kappa shape index (κ2) is 35.7.